The van der Waals surface area contributed by atoms with Crippen molar-refractivity contribution >= 4 is 28.6 Å². The fourth-order valence-electron chi connectivity index (χ4n) is 2.53. The van der Waals surface area contributed by atoms with Crippen LogP contribution in [0.25, 0.3) is 0 Å². The molecule has 1 aliphatic heterocycles. The maximum Gasteiger partial charge on any atom is 0.306 e. The van der Waals surface area contributed by atoms with Crippen molar-refractivity contribution in [2.45, 2.75) is 81.2 Å². The Hall–Kier alpha value is -0.580. The molecule has 0 saturated carbocycles. The molecule has 0 radical (unpaired) electrons. The molecule has 2 nitrogen and oxygen atoms in total. The van der Waals surface area contributed by atoms with Crippen LogP contribution in [0.5, 0.6) is 0 Å². The van der Waals surface area contributed by atoms with Gasteiger partial charge in [0, 0.05) is 16.8 Å². The van der Waals surface area contributed by atoms with E-state index in [0.717, 1.165) is 38.5 Å². The van der Waals surface area contributed by atoms with Gasteiger partial charge in [0.25, 0.3) is 0 Å². The predicted molar refractivity (Wildman–Crippen MR) is 107 cm³/mol. The molecule has 0 spiro atoms. The number of hydrogen-bond donors (Lipinski definition) is 0. The van der Waals surface area contributed by atoms with E-state index in [0.29, 0.717) is 10.3 Å². The molecular weight excluding hydrogens is 399 g/mol. The minimum Gasteiger partial charge on any atom is -0.461 e. The SMILES string of the molecule is CCCCCC(I)C1CC=CCC=CCC=CCCCC(=O)O1. The molecule has 1 heterocycles. The van der Waals surface area contributed by atoms with Crippen molar-refractivity contribution in [1.29, 1.82) is 0 Å². The van der Waals surface area contributed by atoms with Gasteiger partial charge in [-0.05, 0) is 32.1 Å². The number of hydrogen-bond acceptors (Lipinski definition) is 2. The fourth-order valence-corrected chi connectivity index (χ4v) is 3.41. The zero-order valence-electron chi connectivity index (χ0n) is 14.4. The van der Waals surface area contributed by atoms with Crippen LogP contribution in [-0.4, -0.2) is 16.0 Å². The number of ether oxygens (including phenoxy) is 1. The number of esters is 1. The monoisotopic (exact) mass is 430 g/mol. The predicted octanol–water partition coefficient (Wildman–Crippen LogP) is 6.30. The maximum absolute atomic E-state index is 12.1. The highest BCUT2D eigenvalue weighted by atomic mass is 127. The smallest absolute Gasteiger partial charge is 0.306 e. The summed E-state index contributed by atoms with van der Waals surface area (Å²) in [7, 11) is 0. The lowest BCUT2D eigenvalue weighted by Crippen LogP contribution is -2.27. The quantitative estimate of drug-likeness (QED) is 0.168. The summed E-state index contributed by atoms with van der Waals surface area (Å²) in [4.78, 5) is 12.1. The van der Waals surface area contributed by atoms with E-state index >= 15 is 0 Å². The average molecular weight is 430 g/mol. The van der Waals surface area contributed by atoms with Crippen LogP contribution in [0.1, 0.15) is 71.1 Å². The van der Waals surface area contributed by atoms with Crippen LogP contribution in [0.3, 0.4) is 0 Å². The molecule has 0 aromatic heterocycles. The number of unbranched alkanes of at least 4 members (excludes halogenated alkanes) is 2. The Morgan fingerprint density at radius 3 is 2.57 bits per heavy atom. The van der Waals surface area contributed by atoms with Crippen LogP contribution < -0.4 is 0 Å². The van der Waals surface area contributed by atoms with Crippen LogP contribution in [0.4, 0.5) is 0 Å². The van der Waals surface area contributed by atoms with Gasteiger partial charge in [-0.15, -0.1) is 0 Å². The zero-order chi connectivity index (χ0) is 16.8. The topological polar surface area (TPSA) is 26.3 Å². The minimum atomic E-state index is -0.0399. The lowest BCUT2D eigenvalue weighted by atomic mass is 10.1. The highest BCUT2D eigenvalue weighted by Crippen LogP contribution is 2.22. The van der Waals surface area contributed by atoms with Crippen LogP contribution in [0.2, 0.25) is 0 Å². The average Bonchev–Trinajstić information content (AvgIpc) is 2.55. The first-order chi connectivity index (χ1) is 11.2. The zero-order valence-corrected chi connectivity index (χ0v) is 16.5. The van der Waals surface area contributed by atoms with Crippen molar-refractivity contribution in [3.8, 4) is 0 Å². The molecule has 23 heavy (non-hydrogen) atoms. The number of cyclic esters (lactones) is 1. The molecule has 0 amide bonds. The van der Waals surface area contributed by atoms with Crippen molar-refractivity contribution in [2.75, 3.05) is 0 Å². The van der Waals surface area contributed by atoms with Gasteiger partial charge in [0.05, 0.1) is 0 Å². The van der Waals surface area contributed by atoms with E-state index in [2.05, 4.69) is 66.0 Å². The van der Waals surface area contributed by atoms with E-state index in [4.69, 9.17) is 4.74 Å². The summed E-state index contributed by atoms with van der Waals surface area (Å²) < 4.78 is 6.18. The molecule has 0 saturated heterocycles. The number of carbonyl (C=O) groups is 1. The Labute approximate surface area is 155 Å². The molecule has 3 heteroatoms. The first-order valence-corrected chi connectivity index (χ1v) is 10.3. The summed E-state index contributed by atoms with van der Waals surface area (Å²) >= 11 is 2.46. The largest absolute Gasteiger partial charge is 0.461 e. The Bertz CT molecular complexity index is 398. The highest BCUT2D eigenvalue weighted by molar-refractivity contribution is 14.1. The molecule has 0 N–H and O–H groups in total. The molecule has 130 valence electrons. The van der Waals surface area contributed by atoms with Gasteiger partial charge >= 0.3 is 5.97 Å². The third-order valence-corrected chi connectivity index (χ3v) is 5.36. The summed E-state index contributed by atoms with van der Waals surface area (Å²) in [6.07, 6.45) is 23.0. The number of alkyl halides is 1. The summed E-state index contributed by atoms with van der Waals surface area (Å²) in [5.41, 5.74) is 0. The van der Waals surface area contributed by atoms with E-state index in [1.165, 1.54) is 19.3 Å². The van der Waals surface area contributed by atoms with E-state index in [1.807, 2.05) is 0 Å². The van der Waals surface area contributed by atoms with E-state index in [-0.39, 0.29) is 12.1 Å². The van der Waals surface area contributed by atoms with Gasteiger partial charge in [-0.3, -0.25) is 4.79 Å². The van der Waals surface area contributed by atoms with Gasteiger partial charge in [-0.1, -0.05) is 85.2 Å². The summed E-state index contributed by atoms with van der Waals surface area (Å²) in [5, 5.41) is 0. The van der Waals surface area contributed by atoms with Gasteiger partial charge in [0.15, 0.2) is 0 Å². The number of halogens is 1. The molecule has 1 rings (SSSR count). The lowest BCUT2D eigenvalue weighted by Gasteiger charge is -2.22. The van der Waals surface area contributed by atoms with E-state index in [1.54, 1.807) is 0 Å². The van der Waals surface area contributed by atoms with Gasteiger partial charge in [-0.25, -0.2) is 0 Å². The molecular formula is C20H31IO2. The first-order valence-electron chi connectivity index (χ1n) is 9.02. The number of rotatable bonds is 5. The highest BCUT2D eigenvalue weighted by Gasteiger charge is 2.21. The van der Waals surface area contributed by atoms with E-state index in [9.17, 15) is 4.79 Å². The Kier molecular flexibility index (Phi) is 12.3. The molecule has 2 atom stereocenters. The third kappa shape index (κ3) is 10.7. The molecule has 0 fully saturated rings. The fraction of sp³-hybridized carbons (Fsp3) is 0.650. The van der Waals surface area contributed by atoms with Crippen LogP contribution in [0.15, 0.2) is 36.5 Å². The second-order valence-corrected chi connectivity index (χ2v) is 7.65. The summed E-state index contributed by atoms with van der Waals surface area (Å²) in [6.45, 7) is 2.22. The Morgan fingerprint density at radius 2 is 1.83 bits per heavy atom. The summed E-state index contributed by atoms with van der Waals surface area (Å²) in [5.74, 6) is -0.0399. The van der Waals surface area contributed by atoms with Crippen molar-refractivity contribution < 1.29 is 9.53 Å². The Balaban J connectivity index is 2.59. The van der Waals surface area contributed by atoms with Gasteiger partial charge in [0.1, 0.15) is 6.10 Å². The Morgan fingerprint density at radius 1 is 1.13 bits per heavy atom. The van der Waals surface area contributed by atoms with Crippen LogP contribution in [0, 0.1) is 0 Å². The number of carbonyl (C=O) groups excluding carboxylic acids is 1. The molecule has 0 aromatic carbocycles. The molecule has 2 unspecified atom stereocenters. The van der Waals surface area contributed by atoms with Crippen molar-refractivity contribution in [3.05, 3.63) is 36.5 Å². The minimum absolute atomic E-state index is 0.0147. The second-order valence-electron chi connectivity index (χ2n) is 6.05. The standard InChI is InChI=1S/C20H31IO2/c1-2-3-12-15-18(21)19-16-13-10-8-6-4-5-7-9-11-14-17-20(22)23-19/h4,6-7,9-10,13,18-19H,2-3,5,8,11-12,14-17H2,1H3. The lowest BCUT2D eigenvalue weighted by molar-refractivity contribution is -0.148. The molecule has 1 aliphatic rings. The van der Waals surface area contributed by atoms with Crippen LogP contribution in [-0.2, 0) is 9.53 Å². The van der Waals surface area contributed by atoms with Crippen molar-refractivity contribution in [1.82, 2.24) is 0 Å². The van der Waals surface area contributed by atoms with Gasteiger partial charge in [0.2, 0.25) is 0 Å². The third-order valence-electron chi connectivity index (χ3n) is 3.93. The second kappa shape index (κ2) is 13.8. The normalized spacial score (nSPS) is 22.2. The maximum atomic E-state index is 12.1. The van der Waals surface area contributed by atoms with Crippen LogP contribution >= 0.6 is 22.6 Å². The van der Waals surface area contributed by atoms with E-state index < -0.39 is 0 Å². The summed E-state index contributed by atoms with van der Waals surface area (Å²) in [6, 6.07) is 0. The molecule has 0 aliphatic carbocycles. The van der Waals surface area contributed by atoms with Crippen molar-refractivity contribution in [2.24, 2.45) is 0 Å². The first kappa shape index (κ1) is 20.5. The number of allylic oxidation sites excluding steroid dienone is 5. The van der Waals surface area contributed by atoms with Gasteiger partial charge < -0.3 is 4.74 Å². The van der Waals surface area contributed by atoms with Crippen molar-refractivity contribution in [3.63, 3.8) is 0 Å². The van der Waals surface area contributed by atoms with Gasteiger partial charge in [-0.2, -0.15) is 0 Å². The molecule has 0 bridgehead atoms. The molecule has 0 aromatic rings.